The molecular weight excluding hydrogens is 166 g/mol. The van der Waals surface area contributed by atoms with Crippen molar-refractivity contribution in [2.24, 2.45) is 5.92 Å². The lowest BCUT2D eigenvalue weighted by molar-refractivity contribution is -0.132. The van der Waals surface area contributed by atoms with Crippen LogP contribution in [0.25, 0.3) is 0 Å². The van der Waals surface area contributed by atoms with Crippen LogP contribution in [0.5, 0.6) is 0 Å². The fourth-order valence-corrected chi connectivity index (χ4v) is 0.901. The zero-order chi connectivity index (χ0) is 9.14. The molecule has 0 radical (unpaired) electrons. The Morgan fingerprint density at radius 1 is 1.58 bits per heavy atom. The van der Waals surface area contributed by atoms with Crippen LogP contribution in [-0.4, -0.2) is 18.4 Å². The van der Waals surface area contributed by atoms with Crippen molar-refractivity contribution in [2.45, 2.75) is 25.3 Å². The molecule has 1 amide bonds. The minimum atomic E-state index is -3.03. The van der Waals surface area contributed by atoms with Gasteiger partial charge in [0.05, 0.1) is 6.07 Å². The van der Waals surface area contributed by atoms with E-state index in [1.54, 1.807) is 6.07 Å². The van der Waals surface area contributed by atoms with Gasteiger partial charge in [-0.1, -0.05) is 0 Å². The van der Waals surface area contributed by atoms with E-state index in [0.717, 1.165) is 12.8 Å². The first-order valence-electron chi connectivity index (χ1n) is 3.63. The van der Waals surface area contributed by atoms with Crippen molar-refractivity contribution in [1.82, 2.24) is 5.32 Å². The van der Waals surface area contributed by atoms with Gasteiger partial charge in [-0.25, -0.2) is 0 Å². The zero-order valence-electron chi connectivity index (χ0n) is 6.26. The molecule has 0 aromatic heterocycles. The molecule has 0 aliphatic heterocycles. The van der Waals surface area contributed by atoms with E-state index < -0.39 is 18.4 Å². The third-order valence-electron chi connectivity index (χ3n) is 1.73. The molecule has 1 fully saturated rings. The largest absolute Gasteiger partial charge is 0.335 e. The Kier molecular flexibility index (Phi) is 2.58. The molecule has 0 bridgehead atoms. The van der Waals surface area contributed by atoms with Crippen LogP contribution in [0, 0.1) is 17.2 Å². The average molecular weight is 174 g/mol. The number of alkyl halides is 2. The van der Waals surface area contributed by atoms with E-state index in [2.05, 4.69) is 0 Å². The van der Waals surface area contributed by atoms with E-state index >= 15 is 0 Å². The summed E-state index contributed by atoms with van der Waals surface area (Å²) in [4.78, 5) is 10.4. The molecule has 0 saturated heterocycles. The fourth-order valence-electron chi connectivity index (χ4n) is 0.901. The summed E-state index contributed by atoms with van der Waals surface area (Å²) in [5.41, 5.74) is 0. The Balaban J connectivity index is 2.37. The van der Waals surface area contributed by atoms with Crippen LogP contribution in [-0.2, 0) is 4.79 Å². The first kappa shape index (κ1) is 8.91. The zero-order valence-corrected chi connectivity index (χ0v) is 6.26. The number of carbonyl (C=O) groups excluding carboxylic acids is 1. The summed E-state index contributed by atoms with van der Waals surface area (Å²) in [6, 6.07) is 1.05. The standard InChI is InChI=1S/C7H8F2N2O/c8-6(9)7(12)11-5(3-10)4-1-2-4/h4-6H,1-2H2,(H,11,12). The molecule has 1 aliphatic carbocycles. The number of amides is 1. The van der Waals surface area contributed by atoms with Gasteiger partial charge in [-0.15, -0.1) is 0 Å². The first-order valence-corrected chi connectivity index (χ1v) is 3.63. The van der Waals surface area contributed by atoms with E-state index in [0.29, 0.717) is 0 Å². The predicted octanol–water partition coefficient (Wildman–Crippen LogP) is 0.670. The second kappa shape index (κ2) is 3.48. The van der Waals surface area contributed by atoms with Crippen LogP contribution < -0.4 is 5.32 Å². The van der Waals surface area contributed by atoms with Gasteiger partial charge in [-0.2, -0.15) is 14.0 Å². The summed E-state index contributed by atoms with van der Waals surface area (Å²) in [6.45, 7) is 0. The van der Waals surface area contributed by atoms with Gasteiger partial charge in [0.1, 0.15) is 6.04 Å². The van der Waals surface area contributed by atoms with Crippen LogP contribution >= 0.6 is 0 Å². The Hall–Kier alpha value is -1.18. The first-order chi connectivity index (χ1) is 5.65. The molecule has 0 aromatic carbocycles. The van der Waals surface area contributed by atoms with Crippen molar-refractivity contribution in [3.63, 3.8) is 0 Å². The Labute approximate surface area is 68.4 Å². The van der Waals surface area contributed by atoms with Gasteiger partial charge in [-0.05, 0) is 18.8 Å². The second-order valence-electron chi connectivity index (χ2n) is 2.75. The maximum atomic E-state index is 11.7. The molecule has 1 saturated carbocycles. The quantitative estimate of drug-likeness (QED) is 0.683. The lowest BCUT2D eigenvalue weighted by Gasteiger charge is -2.08. The van der Waals surface area contributed by atoms with Crippen molar-refractivity contribution in [1.29, 1.82) is 5.26 Å². The highest BCUT2D eigenvalue weighted by Gasteiger charge is 2.33. The topological polar surface area (TPSA) is 52.9 Å². The lowest BCUT2D eigenvalue weighted by atomic mass is 10.2. The molecule has 1 aliphatic rings. The van der Waals surface area contributed by atoms with E-state index in [4.69, 9.17) is 5.26 Å². The monoisotopic (exact) mass is 174 g/mol. The molecule has 1 rings (SSSR count). The summed E-state index contributed by atoms with van der Waals surface area (Å²) in [5, 5.41) is 10.4. The van der Waals surface area contributed by atoms with Crippen molar-refractivity contribution in [3.8, 4) is 6.07 Å². The maximum Gasteiger partial charge on any atom is 0.315 e. The van der Waals surface area contributed by atoms with Crippen molar-refractivity contribution in [2.75, 3.05) is 0 Å². The molecule has 0 heterocycles. The van der Waals surface area contributed by atoms with Gasteiger partial charge in [-0.3, -0.25) is 4.79 Å². The Morgan fingerprint density at radius 2 is 2.17 bits per heavy atom. The summed E-state index contributed by atoms with van der Waals surface area (Å²) in [6.07, 6.45) is -1.36. The van der Waals surface area contributed by atoms with Crippen LogP contribution in [0.4, 0.5) is 8.78 Å². The SMILES string of the molecule is N#CC(NC(=O)C(F)F)C1CC1. The third kappa shape index (κ3) is 2.16. The number of hydrogen-bond donors (Lipinski definition) is 1. The molecule has 12 heavy (non-hydrogen) atoms. The fraction of sp³-hybridized carbons (Fsp3) is 0.714. The second-order valence-corrected chi connectivity index (χ2v) is 2.75. The maximum absolute atomic E-state index is 11.7. The Bertz CT molecular complexity index is 220. The normalized spacial score (nSPS) is 18.5. The summed E-state index contributed by atoms with van der Waals surface area (Å²) in [5.74, 6) is -1.27. The number of nitrogens with zero attached hydrogens (tertiary/aromatic N) is 1. The number of halogens is 2. The van der Waals surface area contributed by atoms with Gasteiger partial charge in [0, 0.05) is 0 Å². The molecular formula is C7H8F2N2O. The minimum Gasteiger partial charge on any atom is -0.335 e. The number of nitriles is 1. The molecule has 0 spiro atoms. The van der Waals surface area contributed by atoms with Crippen LogP contribution in [0.1, 0.15) is 12.8 Å². The molecule has 1 N–H and O–H groups in total. The highest BCUT2D eigenvalue weighted by Crippen LogP contribution is 2.32. The van der Waals surface area contributed by atoms with Crippen LogP contribution in [0.2, 0.25) is 0 Å². The molecule has 5 heteroatoms. The van der Waals surface area contributed by atoms with E-state index in [9.17, 15) is 13.6 Å². The lowest BCUT2D eigenvalue weighted by Crippen LogP contribution is -2.38. The highest BCUT2D eigenvalue weighted by atomic mass is 19.3. The molecule has 66 valence electrons. The van der Waals surface area contributed by atoms with E-state index in [1.165, 1.54) is 0 Å². The smallest absolute Gasteiger partial charge is 0.315 e. The summed E-state index contributed by atoms with van der Waals surface area (Å²) >= 11 is 0. The summed E-state index contributed by atoms with van der Waals surface area (Å²) < 4.78 is 23.4. The molecule has 1 unspecified atom stereocenters. The van der Waals surface area contributed by atoms with Crippen LogP contribution in [0.15, 0.2) is 0 Å². The van der Waals surface area contributed by atoms with Crippen molar-refractivity contribution in [3.05, 3.63) is 0 Å². The summed E-state index contributed by atoms with van der Waals surface area (Å²) in [7, 11) is 0. The Morgan fingerprint density at radius 3 is 2.50 bits per heavy atom. The number of rotatable bonds is 3. The number of nitrogens with one attached hydrogen (secondary N) is 1. The van der Waals surface area contributed by atoms with Gasteiger partial charge >= 0.3 is 6.43 Å². The minimum absolute atomic E-state index is 0.0812. The average Bonchev–Trinajstić information content (AvgIpc) is 2.82. The van der Waals surface area contributed by atoms with Crippen molar-refractivity contribution >= 4 is 5.91 Å². The van der Waals surface area contributed by atoms with Crippen molar-refractivity contribution < 1.29 is 13.6 Å². The van der Waals surface area contributed by atoms with Gasteiger partial charge in [0.15, 0.2) is 0 Å². The molecule has 0 aromatic rings. The predicted molar refractivity (Wildman–Crippen MR) is 36.3 cm³/mol. The van der Waals surface area contributed by atoms with Crippen LogP contribution in [0.3, 0.4) is 0 Å². The van der Waals surface area contributed by atoms with E-state index in [1.807, 2.05) is 5.32 Å². The molecule has 3 nitrogen and oxygen atoms in total. The van der Waals surface area contributed by atoms with Gasteiger partial charge in [0.25, 0.3) is 5.91 Å². The van der Waals surface area contributed by atoms with Gasteiger partial charge < -0.3 is 5.32 Å². The van der Waals surface area contributed by atoms with Gasteiger partial charge in [0.2, 0.25) is 0 Å². The molecule has 1 atom stereocenters. The highest BCUT2D eigenvalue weighted by molar-refractivity contribution is 5.79. The number of carbonyl (C=O) groups is 1. The number of hydrogen-bond acceptors (Lipinski definition) is 2. The van der Waals surface area contributed by atoms with E-state index in [-0.39, 0.29) is 5.92 Å². The third-order valence-corrected chi connectivity index (χ3v) is 1.73.